The summed E-state index contributed by atoms with van der Waals surface area (Å²) in [6, 6.07) is 7.31. The Morgan fingerprint density at radius 3 is 2.24 bits per heavy atom. The minimum Gasteiger partial charge on any atom is -0.363 e. The van der Waals surface area contributed by atoms with Crippen molar-refractivity contribution in [2.75, 3.05) is 6.54 Å². The monoisotopic (exact) mass is 635 g/mol. The van der Waals surface area contributed by atoms with Crippen molar-refractivity contribution in [2.24, 2.45) is 34.3 Å². The second-order valence-corrected chi connectivity index (χ2v) is 16.1. The number of likely N-dealkylation sites (tertiary alicyclic amines) is 1. The van der Waals surface area contributed by atoms with Gasteiger partial charge in [0.25, 0.3) is 5.91 Å². The Morgan fingerprint density at radius 1 is 1.00 bits per heavy atom. The average molecular weight is 636 g/mol. The Bertz CT molecular complexity index is 1330. The van der Waals surface area contributed by atoms with E-state index in [0.717, 1.165) is 57.8 Å². The average Bonchev–Trinajstić information content (AvgIpc) is 3.73. The van der Waals surface area contributed by atoms with Crippen LogP contribution in [-0.2, 0) is 25.6 Å². The zero-order valence-corrected chi connectivity index (χ0v) is 28.2. The largest absolute Gasteiger partial charge is 0.363 e. The summed E-state index contributed by atoms with van der Waals surface area (Å²) in [5, 5.41) is 9.12. The van der Waals surface area contributed by atoms with E-state index in [0.29, 0.717) is 13.0 Å². The fourth-order valence-corrected chi connectivity index (χ4v) is 8.15. The third kappa shape index (κ3) is 7.41. The van der Waals surface area contributed by atoms with E-state index in [1.165, 1.54) is 5.56 Å². The summed E-state index contributed by atoms with van der Waals surface area (Å²) < 4.78 is 0. The van der Waals surface area contributed by atoms with Gasteiger partial charge in [-0.1, -0.05) is 90.6 Å². The molecule has 1 aromatic carbocycles. The number of primary amides is 1. The quantitative estimate of drug-likeness (QED) is 0.243. The van der Waals surface area contributed by atoms with Gasteiger partial charge in [0.1, 0.15) is 12.1 Å². The molecule has 3 aliphatic carbocycles. The van der Waals surface area contributed by atoms with E-state index in [1.54, 1.807) is 4.90 Å². The zero-order chi connectivity index (χ0) is 33.4. The molecule has 10 heteroatoms. The molecule has 1 heterocycles. The highest BCUT2D eigenvalue weighted by atomic mass is 16.2. The van der Waals surface area contributed by atoms with Crippen molar-refractivity contribution in [1.29, 1.82) is 0 Å². The normalized spacial score (nSPS) is 25.6. The molecule has 5 atom stereocenters. The number of benzene rings is 1. The number of hydrogen-bond donors (Lipinski definition) is 4. The van der Waals surface area contributed by atoms with Crippen molar-refractivity contribution in [3.8, 4) is 0 Å². The summed E-state index contributed by atoms with van der Waals surface area (Å²) in [7, 11) is 0. The first kappa shape index (κ1) is 33.9. The SMILES string of the molecule is CC1(C)C2CN(C(=O)[C@@H](NC(=O)NC3(CCCc4ccccc4)CCCC3)C(C)(C)C)[C@H](C(=O)NC(CC3CC3)C(=O)C(N)=O)C21. The molecule has 1 saturated heterocycles. The van der Waals surface area contributed by atoms with E-state index in [9.17, 15) is 24.0 Å². The first-order chi connectivity index (χ1) is 21.6. The number of nitrogens with one attached hydrogen (secondary N) is 3. The summed E-state index contributed by atoms with van der Waals surface area (Å²) in [4.78, 5) is 67.9. The molecule has 252 valence electrons. The van der Waals surface area contributed by atoms with Gasteiger partial charge in [-0.15, -0.1) is 0 Å². The lowest BCUT2D eigenvalue weighted by Crippen LogP contribution is -2.62. The van der Waals surface area contributed by atoms with E-state index in [-0.39, 0.29) is 40.6 Å². The number of piperidine rings is 1. The Labute approximate surface area is 273 Å². The molecule has 10 nitrogen and oxygen atoms in total. The molecule has 0 spiro atoms. The van der Waals surface area contributed by atoms with E-state index >= 15 is 0 Å². The van der Waals surface area contributed by atoms with Gasteiger partial charge in [0, 0.05) is 12.1 Å². The summed E-state index contributed by atoms with van der Waals surface area (Å²) in [6.07, 6.45) is 8.93. The lowest BCUT2D eigenvalue weighted by atomic mass is 9.85. The van der Waals surface area contributed by atoms with Crippen LogP contribution in [-0.4, -0.2) is 64.6 Å². The number of rotatable bonds is 13. The van der Waals surface area contributed by atoms with Gasteiger partial charge < -0.3 is 26.6 Å². The van der Waals surface area contributed by atoms with E-state index in [2.05, 4.69) is 41.9 Å². The molecule has 0 radical (unpaired) electrons. The number of fused-ring (bicyclic) bond motifs is 1. The van der Waals surface area contributed by atoms with Gasteiger partial charge in [-0.3, -0.25) is 19.2 Å². The van der Waals surface area contributed by atoms with E-state index in [4.69, 9.17) is 5.73 Å². The Hall–Kier alpha value is -3.43. The van der Waals surface area contributed by atoms with Crippen molar-refractivity contribution >= 4 is 29.5 Å². The summed E-state index contributed by atoms with van der Waals surface area (Å²) in [5.74, 6) is -2.31. The maximum absolute atomic E-state index is 14.3. The van der Waals surface area contributed by atoms with Gasteiger partial charge >= 0.3 is 6.03 Å². The second kappa shape index (κ2) is 13.0. The highest BCUT2D eigenvalue weighted by molar-refractivity contribution is 6.37. The van der Waals surface area contributed by atoms with Crippen LogP contribution in [0.15, 0.2) is 30.3 Å². The molecule has 0 aromatic heterocycles. The number of carbonyl (C=O) groups is 5. The van der Waals surface area contributed by atoms with Crippen molar-refractivity contribution in [3.63, 3.8) is 0 Å². The van der Waals surface area contributed by atoms with Crippen LogP contribution in [0, 0.1) is 28.6 Å². The molecular weight excluding hydrogens is 582 g/mol. The zero-order valence-electron chi connectivity index (χ0n) is 28.2. The molecule has 1 aromatic rings. The van der Waals surface area contributed by atoms with E-state index < -0.39 is 41.1 Å². The summed E-state index contributed by atoms with van der Waals surface area (Å²) in [6.45, 7) is 10.3. The van der Waals surface area contributed by atoms with Gasteiger partial charge in [-0.2, -0.15) is 0 Å². The molecule has 3 unspecified atom stereocenters. The standard InChI is InChI=1S/C36H53N5O5/c1-34(2,3)29(39-33(46)40-36(17-9-10-18-36)19-11-14-22-12-7-6-8-13-22)32(45)41-21-24-26(35(24,4)5)27(41)31(44)38-25(20-23-15-16-23)28(42)30(37)43/h6-8,12-13,23-27,29H,9-11,14-21H2,1-5H3,(H2,37,43)(H,38,44)(H2,39,40,46)/t24?,25?,26?,27-,29+/m0/s1. The number of urea groups is 1. The van der Waals surface area contributed by atoms with Crippen LogP contribution >= 0.6 is 0 Å². The van der Waals surface area contributed by atoms with Crippen LogP contribution in [0.25, 0.3) is 0 Å². The van der Waals surface area contributed by atoms with Gasteiger partial charge in [0.05, 0.1) is 6.04 Å². The molecule has 3 saturated carbocycles. The summed E-state index contributed by atoms with van der Waals surface area (Å²) in [5.41, 5.74) is 5.51. The maximum atomic E-state index is 14.3. The first-order valence-corrected chi connectivity index (χ1v) is 17.2. The van der Waals surface area contributed by atoms with Crippen LogP contribution in [0.4, 0.5) is 4.79 Å². The Balaban J connectivity index is 1.28. The van der Waals surface area contributed by atoms with Gasteiger partial charge in [0.15, 0.2) is 0 Å². The fraction of sp³-hybridized carbons (Fsp3) is 0.694. The smallest absolute Gasteiger partial charge is 0.315 e. The molecule has 1 aliphatic heterocycles. The van der Waals surface area contributed by atoms with Crippen LogP contribution in [0.1, 0.15) is 98.0 Å². The molecule has 4 fully saturated rings. The van der Waals surface area contributed by atoms with Gasteiger partial charge in [-0.25, -0.2) is 4.79 Å². The van der Waals surface area contributed by atoms with Crippen molar-refractivity contribution in [1.82, 2.24) is 20.9 Å². The number of ketones is 1. The van der Waals surface area contributed by atoms with Crippen LogP contribution < -0.4 is 21.7 Å². The van der Waals surface area contributed by atoms with Crippen LogP contribution in [0.3, 0.4) is 0 Å². The lowest BCUT2D eigenvalue weighted by molar-refractivity contribution is -0.145. The number of nitrogens with zero attached hydrogens (tertiary/aromatic N) is 1. The molecule has 5 rings (SSSR count). The molecule has 5 amide bonds. The number of aryl methyl sites for hydroxylation is 1. The lowest BCUT2D eigenvalue weighted by Gasteiger charge is -2.39. The number of amides is 5. The minimum atomic E-state index is -1.07. The number of nitrogens with two attached hydrogens (primary N) is 1. The number of hydrogen-bond acceptors (Lipinski definition) is 5. The van der Waals surface area contributed by atoms with Crippen LogP contribution in [0.2, 0.25) is 0 Å². The summed E-state index contributed by atoms with van der Waals surface area (Å²) >= 11 is 0. The molecule has 46 heavy (non-hydrogen) atoms. The Kier molecular flexibility index (Phi) is 9.58. The third-order valence-corrected chi connectivity index (χ3v) is 11.2. The highest BCUT2D eigenvalue weighted by Crippen LogP contribution is 2.65. The molecular formula is C36H53N5O5. The molecule has 4 aliphatic rings. The second-order valence-electron chi connectivity index (χ2n) is 16.1. The molecule has 5 N–H and O–H groups in total. The topological polar surface area (TPSA) is 151 Å². The fourth-order valence-electron chi connectivity index (χ4n) is 8.15. The third-order valence-electron chi connectivity index (χ3n) is 11.2. The first-order valence-electron chi connectivity index (χ1n) is 17.2. The van der Waals surface area contributed by atoms with Crippen LogP contribution in [0.5, 0.6) is 0 Å². The highest BCUT2D eigenvalue weighted by Gasteiger charge is 2.70. The van der Waals surface area contributed by atoms with Crippen molar-refractivity contribution in [2.45, 2.75) is 122 Å². The van der Waals surface area contributed by atoms with Crippen molar-refractivity contribution in [3.05, 3.63) is 35.9 Å². The molecule has 0 bridgehead atoms. The predicted octanol–water partition coefficient (Wildman–Crippen LogP) is 3.86. The Morgan fingerprint density at radius 2 is 1.65 bits per heavy atom. The van der Waals surface area contributed by atoms with E-state index in [1.807, 2.05) is 39.0 Å². The maximum Gasteiger partial charge on any atom is 0.315 e. The number of carbonyl (C=O) groups excluding carboxylic acids is 5. The minimum absolute atomic E-state index is 0.0810. The van der Waals surface area contributed by atoms with Crippen molar-refractivity contribution < 1.29 is 24.0 Å². The van der Waals surface area contributed by atoms with Gasteiger partial charge in [0.2, 0.25) is 17.6 Å². The predicted molar refractivity (Wildman–Crippen MR) is 175 cm³/mol. The van der Waals surface area contributed by atoms with Gasteiger partial charge in [-0.05, 0) is 72.7 Å². The number of Topliss-reactive ketones (excluding diaryl/α,β-unsaturated/α-hetero) is 1.